The number of carboxylic acid groups (broad SMARTS) is 1. The average molecular weight is 328 g/mol. The van der Waals surface area contributed by atoms with Crippen LogP contribution < -0.4 is 4.90 Å². The molecule has 0 saturated carbocycles. The molecule has 0 amide bonds. The van der Waals surface area contributed by atoms with E-state index in [-0.39, 0.29) is 22.0 Å². The summed E-state index contributed by atoms with van der Waals surface area (Å²) in [7, 11) is -3.56. The molecule has 1 unspecified atom stereocenters. The van der Waals surface area contributed by atoms with Gasteiger partial charge in [0.1, 0.15) is 11.7 Å². The van der Waals surface area contributed by atoms with Crippen LogP contribution in [0.1, 0.15) is 19.8 Å². The summed E-state index contributed by atoms with van der Waals surface area (Å²) in [4.78, 5) is 23.1. The van der Waals surface area contributed by atoms with Crippen molar-refractivity contribution >= 4 is 27.2 Å². The zero-order valence-electron chi connectivity index (χ0n) is 11.9. The van der Waals surface area contributed by atoms with Gasteiger partial charge in [0.2, 0.25) is 0 Å². The first-order chi connectivity index (χ1) is 10.3. The number of nitrogens with zero attached hydrogens (tertiary/aromatic N) is 2. The highest BCUT2D eigenvalue weighted by Gasteiger charge is 2.34. The lowest BCUT2D eigenvalue weighted by Crippen LogP contribution is -2.36. The Morgan fingerprint density at radius 3 is 2.73 bits per heavy atom. The number of carbonyl (C=O) groups is 1. The van der Waals surface area contributed by atoms with E-state index in [4.69, 9.17) is 0 Å². The zero-order valence-corrected chi connectivity index (χ0v) is 12.7. The van der Waals surface area contributed by atoms with Crippen LogP contribution in [0, 0.1) is 10.1 Å². The maximum absolute atomic E-state index is 11.9. The van der Waals surface area contributed by atoms with Gasteiger partial charge in [-0.1, -0.05) is 6.92 Å². The van der Waals surface area contributed by atoms with Crippen molar-refractivity contribution in [1.29, 1.82) is 0 Å². The molecular weight excluding hydrogens is 312 g/mol. The number of nitro groups is 1. The van der Waals surface area contributed by atoms with Crippen LogP contribution in [0.2, 0.25) is 0 Å². The van der Waals surface area contributed by atoms with Crippen LogP contribution in [-0.2, 0) is 14.6 Å². The maximum Gasteiger partial charge on any atom is 0.326 e. The normalized spacial score (nSPS) is 18.4. The minimum Gasteiger partial charge on any atom is -0.480 e. The van der Waals surface area contributed by atoms with Gasteiger partial charge in [0, 0.05) is 12.6 Å². The summed E-state index contributed by atoms with van der Waals surface area (Å²) in [6.07, 6.45) is 1.02. The first-order valence-electron chi connectivity index (χ1n) is 6.78. The Morgan fingerprint density at radius 2 is 2.18 bits per heavy atom. The van der Waals surface area contributed by atoms with Crippen LogP contribution in [0.4, 0.5) is 11.4 Å². The van der Waals surface area contributed by atoms with Crippen LogP contribution in [0.3, 0.4) is 0 Å². The van der Waals surface area contributed by atoms with E-state index in [1.165, 1.54) is 24.0 Å². The second kappa shape index (κ2) is 5.91. The monoisotopic (exact) mass is 328 g/mol. The van der Waals surface area contributed by atoms with Crippen molar-refractivity contribution in [2.75, 3.05) is 17.2 Å². The molecule has 1 fully saturated rings. The number of anilines is 1. The number of aliphatic carboxylic acids is 1. The lowest BCUT2D eigenvalue weighted by Gasteiger charge is -2.23. The number of carboxylic acids is 1. The molecule has 1 saturated heterocycles. The van der Waals surface area contributed by atoms with Crippen LogP contribution in [0.15, 0.2) is 23.1 Å². The van der Waals surface area contributed by atoms with Crippen LogP contribution in [-0.4, -0.2) is 42.8 Å². The van der Waals surface area contributed by atoms with Gasteiger partial charge < -0.3 is 10.0 Å². The molecule has 120 valence electrons. The van der Waals surface area contributed by atoms with Crippen molar-refractivity contribution < 1.29 is 23.2 Å². The molecule has 0 radical (unpaired) electrons. The minimum atomic E-state index is -3.56. The summed E-state index contributed by atoms with van der Waals surface area (Å²) in [5, 5.41) is 20.4. The number of hydrogen-bond donors (Lipinski definition) is 1. The van der Waals surface area contributed by atoms with Crippen molar-refractivity contribution in [2.45, 2.75) is 30.7 Å². The smallest absolute Gasteiger partial charge is 0.326 e. The highest BCUT2D eigenvalue weighted by atomic mass is 32.2. The Labute approximate surface area is 127 Å². The molecular formula is C13H16N2O6S. The van der Waals surface area contributed by atoms with Gasteiger partial charge in [-0.05, 0) is 25.0 Å². The fourth-order valence-corrected chi connectivity index (χ4v) is 3.46. The third-order valence-corrected chi connectivity index (χ3v) is 5.46. The van der Waals surface area contributed by atoms with Gasteiger partial charge in [0.15, 0.2) is 9.84 Å². The molecule has 0 aliphatic carbocycles. The van der Waals surface area contributed by atoms with Crippen molar-refractivity contribution in [3.63, 3.8) is 0 Å². The van der Waals surface area contributed by atoms with E-state index in [0.717, 1.165) is 6.07 Å². The van der Waals surface area contributed by atoms with Crippen LogP contribution in [0.5, 0.6) is 0 Å². The van der Waals surface area contributed by atoms with Crippen molar-refractivity contribution in [1.82, 2.24) is 0 Å². The third kappa shape index (κ3) is 2.89. The molecule has 0 aromatic heterocycles. The lowest BCUT2D eigenvalue weighted by molar-refractivity contribution is -0.384. The van der Waals surface area contributed by atoms with E-state index >= 15 is 0 Å². The van der Waals surface area contributed by atoms with Crippen LogP contribution >= 0.6 is 0 Å². The first-order valence-corrected chi connectivity index (χ1v) is 8.43. The van der Waals surface area contributed by atoms with Crippen molar-refractivity contribution in [3.05, 3.63) is 28.3 Å². The summed E-state index contributed by atoms with van der Waals surface area (Å²) < 4.78 is 23.7. The van der Waals surface area contributed by atoms with Crippen molar-refractivity contribution in [2.24, 2.45) is 0 Å². The van der Waals surface area contributed by atoms with Gasteiger partial charge in [-0.15, -0.1) is 0 Å². The average Bonchev–Trinajstić information content (AvgIpc) is 2.96. The first kappa shape index (κ1) is 16.2. The molecule has 1 aliphatic rings. The van der Waals surface area contributed by atoms with Gasteiger partial charge in [0.05, 0.1) is 15.6 Å². The fraction of sp³-hybridized carbons (Fsp3) is 0.462. The number of rotatable bonds is 5. The zero-order chi connectivity index (χ0) is 16.5. The van der Waals surface area contributed by atoms with E-state index in [9.17, 15) is 28.4 Å². The van der Waals surface area contributed by atoms with Crippen molar-refractivity contribution in [3.8, 4) is 0 Å². The van der Waals surface area contributed by atoms with E-state index in [2.05, 4.69) is 0 Å². The molecule has 0 spiro atoms. The van der Waals surface area contributed by atoms with E-state index < -0.39 is 26.8 Å². The maximum atomic E-state index is 11.9. The SMILES string of the molecule is CCS(=O)(=O)c1ccc(N2CCCC2C(=O)O)c([N+](=O)[O-])c1. The molecule has 1 N–H and O–H groups in total. The number of nitro benzene ring substituents is 1. The number of benzene rings is 1. The highest BCUT2D eigenvalue weighted by Crippen LogP contribution is 2.35. The highest BCUT2D eigenvalue weighted by molar-refractivity contribution is 7.91. The predicted octanol–water partition coefficient (Wildman–Crippen LogP) is 1.44. The molecule has 0 bridgehead atoms. The molecule has 22 heavy (non-hydrogen) atoms. The minimum absolute atomic E-state index is 0.128. The third-order valence-electron chi connectivity index (χ3n) is 3.73. The lowest BCUT2D eigenvalue weighted by atomic mass is 10.2. The van der Waals surface area contributed by atoms with Gasteiger partial charge in [-0.3, -0.25) is 10.1 Å². The number of hydrogen-bond acceptors (Lipinski definition) is 6. The van der Waals surface area contributed by atoms with Gasteiger partial charge in [-0.25, -0.2) is 13.2 Å². The summed E-state index contributed by atoms with van der Waals surface area (Å²) in [6.45, 7) is 1.84. The summed E-state index contributed by atoms with van der Waals surface area (Å²) in [5.74, 6) is -1.21. The van der Waals surface area contributed by atoms with E-state index in [1.54, 1.807) is 0 Å². The Bertz CT molecular complexity index is 715. The van der Waals surface area contributed by atoms with Crippen LogP contribution in [0.25, 0.3) is 0 Å². The number of sulfone groups is 1. The Hall–Kier alpha value is -2.16. The second-order valence-corrected chi connectivity index (χ2v) is 7.28. The molecule has 8 nitrogen and oxygen atoms in total. The summed E-state index contributed by atoms with van der Waals surface area (Å²) >= 11 is 0. The molecule has 2 rings (SSSR count). The molecule has 1 aromatic rings. The quantitative estimate of drug-likeness (QED) is 0.641. The second-order valence-electron chi connectivity index (χ2n) is 5.00. The molecule has 1 atom stereocenters. The molecule has 9 heteroatoms. The summed E-state index contributed by atoms with van der Waals surface area (Å²) in [5.41, 5.74) is -0.243. The van der Waals surface area contributed by atoms with Gasteiger partial charge in [-0.2, -0.15) is 0 Å². The van der Waals surface area contributed by atoms with E-state index in [1.807, 2.05) is 0 Å². The molecule has 1 aliphatic heterocycles. The van der Waals surface area contributed by atoms with E-state index in [0.29, 0.717) is 19.4 Å². The largest absolute Gasteiger partial charge is 0.480 e. The standard InChI is InChI=1S/C13H16N2O6S/c1-2-22(20,21)9-5-6-10(12(8-9)15(18)19)14-7-3-4-11(14)13(16)17/h5-6,8,11H,2-4,7H2,1H3,(H,16,17). The topological polar surface area (TPSA) is 118 Å². The van der Waals surface area contributed by atoms with Gasteiger partial charge in [0.25, 0.3) is 5.69 Å². The molecule has 1 heterocycles. The Kier molecular flexibility index (Phi) is 4.36. The van der Waals surface area contributed by atoms with Gasteiger partial charge >= 0.3 is 5.97 Å². The summed E-state index contributed by atoms with van der Waals surface area (Å²) in [6, 6.07) is 2.79. The molecule has 1 aromatic carbocycles. The Balaban J connectivity index is 2.53. The predicted molar refractivity (Wildman–Crippen MR) is 78.8 cm³/mol. The Morgan fingerprint density at radius 1 is 1.50 bits per heavy atom. The fourth-order valence-electron chi connectivity index (χ4n) is 2.56.